The van der Waals surface area contributed by atoms with Crippen LogP contribution in [0.25, 0.3) is 0 Å². The molecular formula is C22H28FN3O3S. The van der Waals surface area contributed by atoms with Gasteiger partial charge >= 0.3 is 5.97 Å². The molecule has 2 aliphatic rings. The van der Waals surface area contributed by atoms with E-state index in [0.717, 1.165) is 18.6 Å². The Labute approximate surface area is 180 Å². The zero-order chi connectivity index (χ0) is 21.7. The van der Waals surface area contributed by atoms with Crippen molar-refractivity contribution in [3.8, 4) is 0 Å². The molecule has 2 aliphatic heterocycles. The first-order valence-corrected chi connectivity index (χ1v) is 11.2. The number of thioether (sulfide) groups is 1. The van der Waals surface area contributed by atoms with E-state index in [1.807, 2.05) is 0 Å². The molecule has 30 heavy (non-hydrogen) atoms. The number of allylic oxidation sites excluding steroid dienone is 1. The van der Waals surface area contributed by atoms with E-state index in [-0.39, 0.29) is 24.2 Å². The van der Waals surface area contributed by atoms with Crippen LogP contribution in [-0.4, -0.2) is 35.9 Å². The molecule has 0 saturated carbocycles. The number of carbonyl (C=O) groups excluding carboxylic acids is 2. The fourth-order valence-corrected chi connectivity index (χ4v) is 5.02. The largest absolute Gasteiger partial charge is 0.458 e. The highest BCUT2D eigenvalue weighted by Gasteiger charge is 2.48. The third-order valence-electron chi connectivity index (χ3n) is 5.25. The Kier molecular flexibility index (Phi) is 7.55. The van der Waals surface area contributed by atoms with Gasteiger partial charge in [0.2, 0.25) is 5.91 Å². The van der Waals surface area contributed by atoms with Crippen LogP contribution >= 0.6 is 11.8 Å². The predicted octanol–water partition coefficient (Wildman–Crippen LogP) is 2.99. The van der Waals surface area contributed by atoms with E-state index in [2.05, 4.69) is 29.5 Å². The van der Waals surface area contributed by atoms with Crippen LogP contribution < -0.4 is 16.0 Å². The van der Waals surface area contributed by atoms with E-state index >= 15 is 0 Å². The third kappa shape index (κ3) is 4.87. The van der Waals surface area contributed by atoms with Crippen molar-refractivity contribution in [1.29, 1.82) is 0 Å². The Morgan fingerprint density at radius 1 is 1.37 bits per heavy atom. The van der Waals surface area contributed by atoms with Gasteiger partial charge in [-0.1, -0.05) is 38.1 Å². The van der Waals surface area contributed by atoms with Crippen molar-refractivity contribution in [1.82, 2.24) is 16.0 Å². The standard InChI is InChI=1S/C22H28FN3O3S/c1-4-6-11-30-22-25-19-18(20(27)26-22)17(14-8-7-9-15(23)12-14)16(13(3)24-19)21(28)29-10-5-2/h5,7-9,12,17-19,22,24-25H,2,4,6,10-11H2,1,3H3,(H,26,27). The number of amides is 1. The molecule has 8 heteroatoms. The van der Waals surface area contributed by atoms with Gasteiger partial charge in [-0.2, -0.15) is 0 Å². The molecule has 4 atom stereocenters. The number of hydrogen-bond donors (Lipinski definition) is 3. The van der Waals surface area contributed by atoms with Crippen LogP contribution in [0.3, 0.4) is 0 Å². The Morgan fingerprint density at radius 3 is 2.87 bits per heavy atom. The molecule has 1 aromatic carbocycles. The maximum atomic E-state index is 14.0. The van der Waals surface area contributed by atoms with Crippen LogP contribution in [-0.2, 0) is 14.3 Å². The summed E-state index contributed by atoms with van der Waals surface area (Å²) in [6.07, 6.45) is 3.24. The van der Waals surface area contributed by atoms with Gasteiger partial charge in [-0.15, -0.1) is 11.8 Å². The lowest BCUT2D eigenvalue weighted by atomic mass is 9.74. The van der Waals surface area contributed by atoms with E-state index in [0.29, 0.717) is 16.8 Å². The van der Waals surface area contributed by atoms with Crippen molar-refractivity contribution in [3.63, 3.8) is 0 Å². The number of rotatable bonds is 8. The monoisotopic (exact) mass is 433 g/mol. The van der Waals surface area contributed by atoms with Gasteiger partial charge in [0.1, 0.15) is 17.9 Å². The smallest absolute Gasteiger partial charge is 0.336 e. The summed E-state index contributed by atoms with van der Waals surface area (Å²) in [7, 11) is 0. The quantitative estimate of drug-likeness (QED) is 0.332. The van der Waals surface area contributed by atoms with Gasteiger partial charge in [0.15, 0.2) is 0 Å². The van der Waals surface area contributed by atoms with Gasteiger partial charge in [-0.25, -0.2) is 9.18 Å². The number of esters is 1. The molecule has 4 unspecified atom stereocenters. The van der Waals surface area contributed by atoms with Crippen LogP contribution in [0.4, 0.5) is 4.39 Å². The normalized spacial score (nSPS) is 25.8. The molecule has 3 N–H and O–H groups in total. The number of halogens is 1. The zero-order valence-electron chi connectivity index (χ0n) is 17.2. The SMILES string of the molecule is C=CCOC(=O)C1=C(C)NC2NC(SCCCC)NC(=O)C2C1c1cccc(F)c1. The van der Waals surface area contributed by atoms with E-state index < -0.39 is 23.6 Å². The van der Waals surface area contributed by atoms with Crippen LogP contribution in [0.15, 0.2) is 48.2 Å². The first-order valence-electron chi connectivity index (χ1n) is 10.1. The Bertz CT molecular complexity index is 845. The van der Waals surface area contributed by atoms with Gasteiger partial charge in [-0.05, 0) is 36.8 Å². The van der Waals surface area contributed by atoms with Crippen molar-refractivity contribution >= 4 is 23.6 Å². The maximum Gasteiger partial charge on any atom is 0.336 e. The lowest BCUT2D eigenvalue weighted by Gasteiger charge is -2.45. The Balaban J connectivity index is 1.96. The highest BCUT2D eigenvalue weighted by molar-refractivity contribution is 7.99. The maximum absolute atomic E-state index is 14.0. The minimum atomic E-state index is -0.640. The Morgan fingerprint density at radius 2 is 2.17 bits per heavy atom. The number of nitrogens with one attached hydrogen (secondary N) is 3. The van der Waals surface area contributed by atoms with Crippen molar-refractivity contribution in [3.05, 3.63) is 59.6 Å². The first-order chi connectivity index (χ1) is 14.5. The van der Waals surface area contributed by atoms with Crippen LogP contribution in [0.1, 0.15) is 38.2 Å². The predicted molar refractivity (Wildman–Crippen MR) is 116 cm³/mol. The zero-order valence-corrected chi connectivity index (χ0v) is 18.1. The summed E-state index contributed by atoms with van der Waals surface area (Å²) < 4.78 is 19.3. The highest BCUT2D eigenvalue weighted by atomic mass is 32.2. The molecule has 1 amide bonds. The summed E-state index contributed by atoms with van der Waals surface area (Å²) in [5.41, 5.74) is 1.27. The first kappa shape index (κ1) is 22.4. The lowest BCUT2D eigenvalue weighted by molar-refractivity contribution is -0.139. The molecule has 1 aromatic rings. The Hall–Kier alpha value is -2.32. The molecule has 1 fully saturated rings. The van der Waals surface area contributed by atoms with Crippen LogP contribution in [0.5, 0.6) is 0 Å². The fraction of sp³-hybridized carbons (Fsp3) is 0.455. The molecular weight excluding hydrogens is 405 g/mol. The topological polar surface area (TPSA) is 79.5 Å². The molecule has 162 valence electrons. The van der Waals surface area contributed by atoms with Crippen molar-refractivity contribution in [2.24, 2.45) is 5.92 Å². The summed E-state index contributed by atoms with van der Waals surface area (Å²) in [5, 5.41) is 9.68. The van der Waals surface area contributed by atoms with Crippen molar-refractivity contribution in [2.75, 3.05) is 12.4 Å². The molecule has 2 heterocycles. The van der Waals surface area contributed by atoms with Gasteiger partial charge in [-0.3, -0.25) is 10.1 Å². The highest BCUT2D eigenvalue weighted by Crippen LogP contribution is 2.41. The minimum absolute atomic E-state index is 0.0557. The summed E-state index contributed by atoms with van der Waals surface area (Å²) in [6.45, 7) is 7.52. The second-order valence-corrected chi connectivity index (χ2v) is 8.60. The number of carbonyl (C=O) groups is 2. The van der Waals surface area contributed by atoms with Gasteiger partial charge in [0, 0.05) is 11.6 Å². The number of hydrogen-bond acceptors (Lipinski definition) is 6. The second kappa shape index (κ2) is 10.1. The van der Waals surface area contributed by atoms with Gasteiger partial charge in [0.05, 0.1) is 17.7 Å². The average molecular weight is 434 g/mol. The molecule has 0 spiro atoms. The van der Waals surface area contributed by atoms with Crippen molar-refractivity contribution in [2.45, 2.75) is 44.3 Å². The van der Waals surface area contributed by atoms with Crippen LogP contribution in [0.2, 0.25) is 0 Å². The molecule has 0 aromatic heterocycles. The van der Waals surface area contributed by atoms with E-state index in [4.69, 9.17) is 4.74 Å². The third-order valence-corrected chi connectivity index (χ3v) is 6.37. The second-order valence-electron chi connectivity index (χ2n) is 7.39. The summed E-state index contributed by atoms with van der Waals surface area (Å²) in [5.74, 6) is -1.50. The fourth-order valence-electron chi connectivity index (χ4n) is 3.89. The molecule has 6 nitrogen and oxygen atoms in total. The summed E-state index contributed by atoms with van der Waals surface area (Å²) in [4.78, 5) is 26.0. The molecule has 0 aliphatic carbocycles. The average Bonchev–Trinajstić information content (AvgIpc) is 2.71. The number of fused-ring (bicyclic) bond motifs is 1. The van der Waals surface area contributed by atoms with Gasteiger partial charge in [0.25, 0.3) is 0 Å². The van der Waals surface area contributed by atoms with E-state index in [1.54, 1.807) is 30.8 Å². The number of unbranched alkanes of at least 4 members (excludes halogenated alkanes) is 1. The summed E-state index contributed by atoms with van der Waals surface area (Å²) >= 11 is 1.64. The molecule has 0 bridgehead atoms. The lowest BCUT2D eigenvalue weighted by Crippen LogP contribution is -2.67. The summed E-state index contributed by atoms with van der Waals surface area (Å²) in [6, 6.07) is 6.03. The molecule has 3 rings (SSSR count). The van der Waals surface area contributed by atoms with Crippen LogP contribution in [0, 0.1) is 11.7 Å². The van der Waals surface area contributed by atoms with E-state index in [1.165, 1.54) is 18.2 Å². The number of ether oxygens (including phenoxy) is 1. The van der Waals surface area contributed by atoms with Crippen molar-refractivity contribution < 1.29 is 18.7 Å². The van der Waals surface area contributed by atoms with E-state index in [9.17, 15) is 14.0 Å². The molecule has 0 radical (unpaired) electrons. The number of benzene rings is 1. The van der Waals surface area contributed by atoms with Gasteiger partial charge < -0.3 is 15.4 Å². The molecule has 1 saturated heterocycles. The minimum Gasteiger partial charge on any atom is -0.458 e.